The summed E-state index contributed by atoms with van der Waals surface area (Å²) >= 11 is 0. The summed E-state index contributed by atoms with van der Waals surface area (Å²) in [6.07, 6.45) is -1.98. The van der Waals surface area contributed by atoms with E-state index in [1.165, 1.54) is 30.1 Å². The number of anilines is 1. The average molecular weight is 406 g/mol. The Kier molecular flexibility index (Phi) is 5.17. The van der Waals surface area contributed by atoms with Crippen molar-refractivity contribution in [2.24, 2.45) is 0 Å². The highest BCUT2D eigenvalue weighted by Crippen LogP contribution is 2.31. The molecule has 3 rings (SSSR count). The minimum absolute atomic E-state index is 0.193. The number of nitrogens with zero attached hydrogens (tertiary/aromatic N) is 3. The van der Waals surface area contributed by atoms with Gasteiger partial charge in [0.05, 0.1) is 16.6 Å². The van der Waals surface area contributed by atoms with Gasteiger partial charge in [-0.3, -0.25) is 4.68 Å². The molecule has 2 heterocycles. The number of nitrogens with one attached hydrogen (secondary N) is 1. The molecule has 1 unspecified atom stereocenters. The lowest BCUT2D eigenvalue weighted by Crippen LogP contribution is -2.37. The van der Waals surface area contributed by atoms with Gasteiger partial charge in [0.25, 0.3) is 0 Å². The molecule has 1 aromatic heterocycles. The molecule has 1 fully saturated rings. The van der Waals surface area contributed by atoms with Gasteiger partial charge in [0, 0.05) is 19.3 Å². The first kappa shape index (κ1) is 19.6. The largest absolute Gasteiger partial charge is 0.435 e. The van der Waals surface area contributed by atoms with E-state index in [1.807, 2.05) is 0 Å². The molecule has 1 atom stereocenters. The molecule has 0 saturated carbocycles. The fourth-order valence-corrected chi connectivity index (χ4v) is 3.85. The van der Waals surface area contributed by atoms with E-state index in [0.717, 1.165) is 12.1 Å². The van der Waals surface area contributed by atoms with Crippen molar-refractivity contribution in [3.63, 3.8) is 0 Å². The number of hydrogen-bond donors (Lipinski definition) is 1. The molecule has 1 aromatic carbocycles. The predicted octanol–water partition coefficient (Wildman–Crippen LogP) is 2.79. The van der Waals surface area contributed by atoms with E-state index in [2.05, 4.69) is 9.82 Å². The second kappa shape index (κ2) is 7.12. The van der Waals surface area contributed by atoms with Crippen LogP contribution < -0.4 is 9.62 Å². The Labute approximate surface area is 153 Å². The second-order valence-corrected chi connectivity index (χ2v) is 8.13. The number of benzene rings is 1. The van der Waals surface area contributed by atoms with Crippen LogP contribution >= 0.6 is 0 Å². The van der Waals surface area contributed by atoms with Crippen molar-refractivity contribution in [3.05, 3.63) is 42.0 Å². The quantitative estimate of drug-likeness (QED) is 0.793. The molecule has 1 aliphatic heterocycles. The summed E-state index contributed by atoms with van der Waals surface area (Å²) in [6, 6.07) is 4.17. The smallest absolute Gasteiger partial charge is 0.367 e. The first-order chi connectivity index (χ1) is 12.6. The maximum atomic E-state index is 14.5. The van der Waals surface area contributed by atoms with Gasteiger partial charge in [-0.05, 0) is 44.2 Å². The Balaban J connectivity index is 1.81. The van der Waals surface area contributed by atoms with E-state index in [1.54, 1.807) is 4.90 Å². The van der Waals surface area contributed by atoms with E-state index in [4.69, 9.17) is 0 Å². The zero-order chi connectivity index (χ0) is 19.8. The van der Waals surface area contributed by atoms with Crippen LogP contribution in [0.3, 0.4) is 0 Å². The summed E-state index contributed by atoms with van der Waals surface area (Å²) in [5, 5.41) is 3.60. The Hall–Kier alpha value is -2.14. The summed E-state index contributed by atoms with van der Waals surface area (Å²) in [4.78, 5) is 1.50. The lowest BCUT2D eigenvalue weighted by Gasteiger charge is -2.34. The third kappa shape index (κ3) is 4.08. The van der Waals surface area contributed by atoms with Crippen molar-refractivity contribution >= 4 is 15.7 Å². The van der Waals surface area contributed by atoms with Gasteiger partial charge in [-0.1, -0.05) is 0 Å². The van der Waals surface area contributed by atoms with Gasteiger partial charge in [-0.25, -0.2) is 17.5 Å². The number of sulfonamides is 1. The van der Waals surface area contributed by atoms with Crippen LogP contribution in [0, 0.1) is 5.82 Å². The number of aromatic nitrogens is 2. The summed E-state index contributed by atoms with van der Waals surface area (Å²) in [7, 11) is -2.53. The second-order valence-electron chi connectivity index (χ2n) is 6.24. The molecule has 1 aliphatic rings. The summed E-state index contributed by atoms with van der Waals surface area (Å²) in [5.74, 6) is -0.705. The van der Waals surface area contributed by atoms with Crippen molar-refractivity contribution in [3.8, 4) is 0 Å². The molecule has 0 spiro atoms. The number of alkyl halides is 3. The topological polar surface area (TPSA) is 67.2 Å². The normalized spacial score (nSPS) is 18.7. The van der Waals surface area contributed by atoms with E-state index < -0.39 is 27.7 Å². The zero-order valence-electron chi connectivity index (χ0n) is 14.4. The number of hydrogen-bond acceptors (Lipinski definition) is 4. The molecule has 0 radical (unpaired) electrons. The molecule has 148 valence electrons. The first-order valence-electron chi connectivity index (χ1n) is 8.22. The van der Waals surface area contributed by atoms with Crippen molar-refractivity contribution in [1.82, 2.24) is 14.5 Å². The van der Waals surface area contributed by atoms with E-state index in [-0.39, 0.29) is 23.2 Å². The lowest BCUT2D eigenvalue weighted by molar-refractivity contribution is -0.141. The van der Waals surface area contributed by atoms with E-state index in [0.29, 0.717) is 19.4 Å². The minimum atomic E-state index is -4.51. The third-order valence-corrected chi connectivity index (χ3v) is 5.92. The fourth-order valence-electron chi connectivity index (χ4n) is 3.11. The molecule has 27 heavy (non-hydrogen) atoms. The van der Waals surface area contributed by atoms with Gasteiger partial charge in [0.15, 0.2) is 5.69 Å². The van der Waals surface area contributed by atoms with Crippen LogP contribution in [-0.4, -0.2) is 38.3 Å². The highest BCUT2D eigenvalue weighted by atomic mass is 32.2. The van der Waals surface area contributed by atoms with Gasteiger partial charge in [-0.15, -0.1) is 0 Å². The Morgan fingerprint density at radius 3 is 2.59 bits per heavy atom. The highest BCUT2D eigenvalue weighted by molar-refractivity contribution is 7.89. The van der Waals surface area contributed by atoms with Crippen molar-refractivity contribution < 1.29 is 26.0 Å². The molecule has 0 bridgehead atoms. The zero-order valence-corrected chi connectivity index (χ0v) is 15.2. The molecule has 11 heteroatoms. The molecule has 1 N–H and O–H groups in total. The third-order valence-electron chi connectivity index (χ3n) is 4.51. The van der Waals surface area contributed by atoms with Crippen LogP contribution in [0.1, 0.15) is 24.6 Å². The molecular weight excluding hydrogens is 388 g/mol. The van der Waals surface area contributed by atoms with Crippen LogP contribution in [0.2, 0.25) is 0 Å². The molecule has 2 aromatic rings. The van der Waals surface area contributed by atoms with Gasteiger partial charge in [-0.2, -0.15) is 18.3 Å². The minimum Gasteiger partial charge on any atom is -0.367 e. The molecular formula is C16H18F4N4O2S. The number of piperidine rings is 1. The Morgan fingerprint density at radius 2 is 2.00 bits per heavy atom. The lowest BCUT2D eigenvalue weighted by atomic mass is 10.0. The Bertz CT molecular complexity index is 927. The van der Waals surface area contributed by atoms with Crippen molar-refractivity contribution in [2.45, 2.75) is 30.0 Å². The summed E-state index contributed by atoms with van der Waals surface area (Å²) in [5.41, 5.74) is -0.759. The molecule has 0 aliphatic carbocycles. The SMILES string of the molecule is CNS(=O)(=O)c1ccc(N2CCCC(n3ccc(C(F)(F)F)n3)C2)c(F)c1. The van der Waals surface area contributed by atoms with Crippen LogP contribution in [-0.2, 0) is 16.2 Å². The summed E-state index contributed by atoms with van der Waals surface area (Å²) < 4.78 is 79.6. The van der Waals surface area contributed by atoms with E-state index in [9.17, 15) is 26.0 Å². The van der Waals surface area contributed by atoms with Crippen molar-refractivity contribution in [1.29, 1.82) is 0 Å². The number of rotatable bonds is 4. The van der Waals surface area contributed by atoms with Gasteiger partial charge in [0.2, 0.25) is 10.0 Å². The predicted molar refractivity (Wildman–Crippen MR) is 90.4 cm³/mol. The van der Waals surface area contributed by atoms with Crippen LogP contribution in [0.15, 0.2) is 35.4 Å². The first-order valence-corrected chi connectivity index (χ1v) is 9.70. The monoisotopic (exact) mass is 406 g/mol. The summed E-state index contributed by atoms with van der Waals surface area (Å²) in [6.45, 7) is 0.785. The van der Waals surface area contributed by atoms with Crippen molar-refractivity contribution in [2.75, 3.05) is 25.0 Å². The van der Waals surface area contributed by atoms with Gasteiger partial charge >= 0.3 is 6.18 Å². The molecule has 1 saturated heterocycles. The fraction of sp³-hybridized carbons (Fsp3) is 0.438. The van der Waals surface area contributed by atoms with Crippen LogP contribution in [0.25, 0.3) is 0 Å². The number of halogens is 4. The maximum absolute atomic E-state index is 14.5. The molecule has 0 amide bonds. The van der Waals surface area contributed by atoms with Crippen LogP contribution in [0.4, 0.5) is 23.2 Å². The molecule has 6 nitrogen and oxygen atoms in total. The highest BCUT2D eigenvalue weighted by Gasteiger charge is 2.34. The average Bonchev–Trinajstić information content (AvgIpc) is 3.12. The maximum Gasteiger partial charge on any atom is 0.435 e. The standard InChI is InChI=1S/C16H18F4N4O2S/c1-21-27(25,26)12-4-5-14(13(17)9-12)23-7-2-3-11(10-23)24-8-6-15(22-24)16(18,19)20/h4-6,8-9,11,21H,2-3,7,10H2,1H3. The van der Waals surface area contributed by atoms with E-state index >= 15 is 0 Å². The van der Waals surface area contributed by atoms with Crippen LogP contribution in [0.5, 0.6) is 0 Å². The van der Waals surface area contributed by atoms with Gasteiger partial charge in [0.1, 0.15) is 5.82 Å². The van der Waals surface area contributed by atoms with Gasteiger partial charge < -0.3 is 4.90 Å². The Morgan fingerprint density at radius 1 is 1.26 bits per heavy atom.